The number of carbonyl (C=O) groups is 2. The summed E-state index contributed by atoms with van der Waals surface area (Å²) in [7, 11) is 1.17. The Kier molecular flexibility index (Phi) is 7.07. The van der Waals surface area contributed by atoms with Gasteiger partial charge in [-0.25, -0.2) is 9.78 Å². The Balaban J connectivity index is 2.07. The lowest BCUT2D eigenvalue weighted by atomic mass is 10.0. The Morgan fingerprint density at radius 2 is 1.80 bits per heavy atom. The van der Waals surface area contributed by atoms with E-state index in [1.54, 1.807) is 12.2 Å². The highest BCUT2D eigenvalue weighted by molar-refractivity contribution is 6.31. The first-order valence-corrected chi connectivity index (χ1v) is 10.4. The van der Waals surface area contributed by atoms with Crippen LogP contribution in [0.4, 0.5) is 26.3 Å². The Morgan fingerprint density at radius 1 is 1.14 bits per heavy atom. The topological polar surface area (TPSA) is 73.2 Å². The molecule has 188 valence electrons. The van der Waals surface area contributed by atoms with E-state index in [-0.39, 0.29) is 40.6 Å². The third-order valence-electron chi connectivity index (χ3n) is 5.25. The number of pyridine rings is 1. The van der Waals surface area contributed by atoms with Gasteiger partial charge in [-0.3, -0.25) is 4.79 Å². The summed E-state index contributed by atoms with van der Waals surface area (Å²) >= 11 is 5.51. The zero-order valence-corrected chi connectivity index (χ0v) is 19.2. The zero-order valence-electron chi connectivity index (χ0n) is 18.4. The lowest BCUT2D eigenvalue weighted by Crippen LogP contribution is -2.39. The van der Waals surface area contributed by atoms with Crippen molar-refractivity contribution in [3.8, 4) is 0 Å². The predicted molar refractivity (Wildman–Crippen MR) is 114 cm³/mol. The normalized spacial score (nSPS) is 13.1. The number of hydrogen-bond donors (Lipinski definition) is 1. The molecule has 0 radical (unpaired) electrons. The first kappa shape index (κ1) is 26.3. The van der Waals surface area contributed by atoms with E-state index >= 15 is 0 Å². The number of nitrogens with one attached hydrogen (secondary N) is 1. The number of hydrogen-bond acceptors (Lipinski definition) is 4. The van der Waals surface area contributed by atoms with Gasteiger partial charge in [0.2, 0.25) is 0 Å². The van der Waals surface area contributed by atoms with E-state index in [9.17, 15) is 35.9 Å². The van der Waals surface area contributed by atoms with E-state index in [1.165, 1.54) is 30.7 Å². The van der Waals surface area contributed by atoms with Crippen molar-refractivity contribution in [2.45, 2.75) is 38.8 Å². The maximum Gasteiger partial charge on any atom is 0.417 e. The quantitative estimate of drug-likeness (QED) is 0.337. The first-order chi connectivity index (χ1) is 16.2. The average Bonchev–Trinajstić information content (AvgIpc) is 3.12. The van der Waals surface area contributed by atoms with Crippen molar-refractivity contribution in [1.29, 1.82) is 0 Å². The smallest absolute Gasteiger partial charge is 0.417 e. The van der Waals surface area contributed by atoms with E-state index in [2.05, 4.69) is 9.72 Å². The average molecular weight is 522 g/mol. The molecule has 1 N–H and O–H groups in total. The number of fused-ring (bicyclic) bond motifs is 1. The second-order valence-electron chi connectivity index (χ2n) is 7.48. The van der Waals surface area contributed by atoms with Gasteiger partial charge < -0.3 is 14.6 Å². The van der Waals surface area contributed by atoms with E-state index < -0.39 is 46.4 Å². The molecule has 0 aliphatic heterocycles. The number of nitrogens with zero attached hydrogens (tertiary/aromatic N) is 2. The number of aryl methyl sites for hydroxylation is 2. The van der Waals surface area contributed by atoms with Gasteiger partial charge in [-0.1, -0.05) is 17.7 Å². The van der Waals surface area contributed by atoms with Crippen molar-refractivity contribution in [3.05, 3.63) is 63.4 Å². The fourth-order valence-electron chi connectivity index (χ4n) is 3.59. The van der Waals surface area contributed by atoms with Gasteiger partial charge in [0, 0.05) is 11.9 Å². The van der Waals surface area contributed by atoms with Crippen LogP contribution >= 0.6 is 11.6 Å². The van der Waals surface area contributed by atoms with Crippen molar-refractivity contribution < 1.29 is 40.7 Å². The van der Waals surface area contributed by atoms with Crippen molar-refractivity contribution >= 4 is 34.5 Å². The van der Waals surface area contributed by atoms with Crippen LogP contribution in [-0.4, -0.2) is 34.7 Å². The second-order valence-corrected chi connectivity index (χ2v) is 7.89. The number of aromatic nitrogens is 2. The summed E-state index contributed by atoms with van der Waals surface area (Å²) in [5.41, 5.74) is -1.92. The number of alkyl halides is 6. The van der Waals surface area contributed by atoms with Crippen LogP contribution in [0, 0.1) is 6.92 Å². The SMILES string of the molecule is CCn1c(C(=O)NC(c2ccc(Cl)c(C(F)(F)F)c2)C(F)(F)F)cc2cc(C(=O)OC)c(C)nc21. The molecular formula is C22H18ClF6N3O3. The standard InChI is InChI=1S/C22H18ClF6N3O3/c1-4-32-16(9-12-7-13(20(34)35-3)10(2)30-18(12)32)19(33)31-17(22(27,28)29)11-5-6-15(23)14(8-11)21(24,25)26/h5-9,17H,4H2,1-3H3,(H,31,33). The van der Waals surface area contributed by atoms with Crippen LogP contribution in [0.3, 0.4) is 0 Å². The summed E-state index contributed by atoms with van der Waals surface area (Å²) < 4.78 is 87.1. The third kappa shape index (κ3) is 5.21. The lowest BCUT2D eigenvalue weighted by molar-refractivity contribution is -0.156. The summed E-state index contributed by atoms with van der Waals surface area (Å²) in [6, 6.07) is 1.58. The van der Waals surface area contributed by atoms with E-state index in [4.69, 9.17) is 11.6 Å². The van der Waals surface area contributed by atoms with Crippen LogP contribution in [-0.2, 0) is 17.5 Å². The molecule has 13 heteroatoms. The molecule has 3 aromatic rings. The van der Waals surface area contributed by atoms with Crippen molar-refractivity contribution in [2.24, 2.45) is 0 Å². The highest BCUT2D eigenvalue weighted by Crippen LogP contribution is 2.39. The second kappa shape index (κ2) is 9.40. The minimum absolute atomic E-state index is 0.106. The van der Waals surface area contributed by atoms with Crippen LogP contribution in [0.2, 0.25) is 5.02 Å². The first-order valence-electron chi connectivity index (χ1n) is 10.0. The molecule has 35 heavy (non-hydrogen) atoms. The minimum atomic E-state index is -5.12. The third-order valence-corrected chi connectivity index (χ3v) is 5.58. The Labute approximate surface area is 199 Å². The molecule has 0 spiro atoms. The molecule has 1 unspecified atom stereocenters. The molecule has 3 rings (SSSR count). The van der Waals surface area contributed by atoms with Crippen molar-refractivity contribution in [1.82, 2.24) is 14.9 Å². The molecule has 0 fully saturated rings. The molecular weight excluding hydrogens is 504 g/mol. The van der Waals surface area contributed by atoms with Crippen LogP contribution in [0.1, 0.15) is 50.6 Å². The van der Waals surface area contributed by atoms with E-state index in [1.807, 2.05) is 0 Å². The van der Waals surface area contributed by atoms with Crippen molar-refractivity contribution in [3.63, 3.8) is 0 Å². The largest absolute Gasteiger partial charge is 0.465 e. The summed E-state index contributed by atoms with van der Waals surface area (Å²) in [6.07, 6.45) is -10.1. The van der Waals surface area contributed by atoms with Crippen LogP contribution in [0.25, 0.3) is 11.0 Å². The number of benzene rings is 1. The number of methoxy groups -OCH3 is 1. The van der Waals surface area contributed by atoms with Gasteiger partial charge in [0.25, 0.3) is 5.91 Å². The molecule has 6 nitrogen and oxygen atoms in total. The molecule has 0 aliphatic rings. The Bertz CT molecular complexity index is 1300. The number of esters is 1. The lowest BCUT2D eigenvalue weighted by Gasteiger charge is -2.23. The molecule has 2 heterocycles. The number of carbonyl (C=O) groups excluding carboxylic acids is 2. The maximum absolute atomic E-state index is 13.8. The minimum Gasteiger partial charge on any atom is -0.465 e. The number of halogens is 7. The zero-order chi connectivity index (χ0) is 26.3. The number of rotatable bonds is 5. The van der Waals surface area contributed by atoms with E-state index in [0.29, 0.717) is 6.07 Å². The van der Waals surface area contributed by atoms with Crippen LogP contribution < -0.4 is 5.32 Å². The van der Waals surface area contributed by atoms with Gasteiger partial charge in [0.1, 0.15) is 11.3 Å². The molecule has 1 amide bonds. The fourth-order valence-corrected chi connectivity index (χ4v) is 3.82. The monoisotopic (exact) mass is 521 g/mol. The fraction of sp³-hybridized carbons (Fsp3) is 0.318. The van der Waals surface area contributed by atoms with Gasteiger partial charge in [-0.05, 0) is 43.7 Å². The number of ether oxygens (including phenoxy) is 1. The molecule has 0 saturated heterocycles. The van der Waals surface area contributed by atoms with Crippen LogP contribution in [0.15, 0.2) is 30.3 Å². The summed E-state index contributed by atoms with van der Waals surface area (Å²) in [5, 5.41) is 1.29. The van der Waals surface area contributed by atoms with E-state index in [0.717, 1.165) is 6.07 Å². The Hall–Kier alpha value is -3.28. The predicted octanol–water partition coefficient (Wildman–Crippen LogP) is 5.86. The van der Waals surface area contributed by atoms with Crippen molar-refractivity contribution in [2.75, 3.05) is 7.11 Å². The Morgan fingerprint density at radius 3 is 2.34 bits per heavy atom. The van der Waals surface area contributed by atoms with Crippen LogP contribution in [0.5, 0.6) is 0 Å². The molecule has 2 aromatic heterocycles. The van der Waals surface area contributed by atoms with Gasteiger partial charge in [-0.15, -0.1) is 0 Å². The molecule has 1 aromatic carbocycles. The van der Waals surface area contributed by atoms with Gasteiger partial charge in [0.05, 0.1) is 29.0 Å². The maximum atomic E-state index is 13.8. The van der Waals surface area contributed by atoms with Gasteiger partial charge in [-0.2, -0.15) is 26.3 Å². The highest BCUT2D eigenvalue weighted by atomic mass is 35.5. The summed E-state index contributed by atoms with van der Waals surface area (Å²) in [6.45, 7) is 3.28. The van der Waals surface area contributed by atoms with Gasteiger partial charge in [0.15, 0.2) is 6.04 Å². The summed E-state index contributed by atoms with van der Waals surface area (Å²) in [5.74, 6) is -1.89. The molecule has 1 atom stereocenters. The van der Waals surface area contributed by atoms with Gasteiger partial charge >= 0.3 is 18.3 Å². The number of amides is 1. The highest BCUT2D eigenvalue weighted by Gasteiger charge is 2.44. The molecule has 0 saturated carbocycles. The summed E-state index contributed by atoms with van der Waals surface area (Å²) in [4.78, 5) is 29.2. The molecule has 0 bridgehead atoms. The molecule has 0 aliphatic carbocycles.